The van der Waals surface area contributed by atoms with Gasteiger partial charge in [-0.15, -0.1) is 0 Å². The van der Waals surface area contributed by atoms with Crippen molar-refractivity contribution in [3.63, 3.8) is 0 Å². The molecule has 1 amide bonds. The summed E-state index contributed by atoms with van der Waals surface area (Å²) in [6, 6.07) is 6.68. The molecule has 1 N–H and O–H groups in total. The van der Waals surface area contributed by atoms with E-state index in [1.54, 1.807) is 32.9 Å². The fraction of sp³-hybridized carbons (Fsp3) is 0.417. The Morgan fingerprint density at radius 2 is 1.81 bits per heavy atom. The molecule has 3 aliphatic rings. The maximum atomic E-state index is 15.4. The lowest BCUT2D eigenvalue weighted by atomic mass is 9.68. The molecule has 1 atom stereocenters. The van der Waals surface area contributed by atoms with E-state index in [4.69, 9.17) is 4.74 Å². The topological polar surface area (TPSA) is 62.1 Å². The van der Waals surface area contributed by atoms with E-state index in [1.807, 2.05) is 0 Å². The number of ether oxygens (including phenoxy) is 1. The minimum absolute atomic E-state index is 0.0252. The van der Waals surface area contributed by atoms with Gasteiger partial charge < -0.3 is 9.94 Å². The lowest BCUT2D eigenvalue weighted by Gasteiger charge is -2.53. The predicted molar refractivity (Wildman–Crippen MR) is 113 cm³/mol. The van der Waals surface area contributed by atoms with Crippen molar-refractivity contribution in [2.75, 3.05) is 0 Å². The van der Waals surface area contributed by atoms with Gasteiger partial charge in [-0.05, 0) is 56.9 Å². The third-order valence-corrected chi connectivity index (χ3v) is 5.99. The normalized spacial score (nSPS) is 23.8. The molecule has 1 aliphatic carbocycles. The zero-order valence-electron chi connectivity index (χ0n) is 18.1. The van der Waals surface area contributed by atoms with E-state index in [9.17, 15) is 18.8 Å². The quantitative estimate of drug-likeness (QED) is 0.497. The molecule has 2 aliphatic heterocycles. The zero-order chi connectivity index (χ0) is 23.2. The van der Waals surface area contributed by atoms with Gasteiger partial charge in [-0.2, -0.15) is 0 Å². The summed E-state index contributed by atoms with van der Waals surface area (Å²) in [5, 5.41) is 13.1. The summed E-state index contributed by atoms with van der Waals surface area (Å²) >= 11 is 0. The fourth-order valence-electron chi connectivity index (χ4n) is 4.55. The van der Waals surface area contributed by atoms with E-state index in [-0.39, 0.29) is 35.1 Å². The van der Waals surface area contributed by atoms with Gasteiger partial charge in [-0.25, -0.2) is 18.0 Å². The highest BCUT2D eigenvalue weighted by Crippen LogP contribution is 2.43. The van der Waals surface area contributed by atoms with Crippen LogP contribution in [0.1, 0.15) is 39.2 Å². The van der Waals surface area contributed by atoms with E-state index in [0.717, 1.165) is 18.2 Å². The zero-order valence-corrected chi connectivity index (χ0v) is 18.1. The van der Waals surface area contributed by atoms with Crippen molar-refractivity contribution in [2.24, 2.45) is 11.1 Å². The molecule has 0 aromatic heterocycles. The van der Waals surface area contributed by atoms with Crippen LogP contribution in [0.4, 0.5) is 18.0 Å². The van der Waals surface area contributed by atoms with Crippen LogP contribution in [-0.4, -0.2) is 39.6 Å². The smallest absolute Gasteiger partial charge is 0.411 e. The van der Waals surface area contributed by atoms with Crippen LogP contribution in [0, 0.1) is 23.4 Å². The average molecular weight is 446 g/mol. The van der Waals surface area contributed by atoms with Gasteiger partial charge in [0.05, 0.1) is 11.8 Å². The van der Waals surface area contributed by atoms with Gasteiger partial charge in [0.2, 0.25) is 0 Å². The van der Waals surface area contributed by atoms with Gasteiger partial charge in [0.25, 0.3) is 0 Å². The van der Waals surface area contributed by atoms with Crippen molar-refractivity contribution < 1.29 is 27.9 Å². The number of nitrogens with zero attached hydrogens (tertiary/aromatic N) is 2. The number of piperidine rings is 2. The molecule has 2 saturated heterocycles. The summed E-state index contributed by atoms with van der Waals surface area (Å²) in [5.41, 5.74) is 0.0699. The van der Waals surface area contributed by atoms with Gasteiger partial charge in [0.1, 0.15) is 23.1 Å². The van der Waals surface area contributed by atoms with Gasteiger partial charge in [0, 0.05) is 30.0 Å². The fourth-order valence-corrected chi connectivity index (χ4v) is 4.55. The second-order valence-electron chi connectivity index (χ2n) is 9.39. The standard InChI is InChI=1S/C24H25F3N2O3/c1-24(2,3)32-23(30)29-18-9-15(10-18)22(28-31)20(29)11-13-5-4-6-19(21(13)27)14-7-16(25)12-17(26)8-14/h4-8,12,15,18,20,31H,9-11H2,1-3H3. The highest BCUT2D eigenvalue weighted by atomic mass is 19.1. The van der Waals surface area contributed by atoms with Crippen LogP contribution in [0.5, 0.6) is 0 Å². The summed E-state index contributed by atoms with van der Waals surface area (Å²) in [4.78, 5) is 14.5. The van der Waals surface area contributed by atoms with E-state index in [0.29, 0.717) is 18.6 Å². The second-order valence-corrected chi connectivity index (χ2v) is 9.39. The van der Waals surface area contributed by atoms with Crippen LogP contribution < -0.4 is 0 Å². The highest BCUT2D eigenvalue weighted by Gasteiger charge is 2.52. The second kappa shape index (κ2) is 8.15. The van der Waals surface area contributed by atoms with Crippen molar-refractivity contribution >= 4 is 11.8 Å². The first-order valence-corrected chi connectivity index (χ1v) is 10.5. The molecule has 2 heterocycles. The number of hydrogen-bond donors (Lipinski definition) is 1. The number of carbonyl (C=O) groups is 1. The number of fused-ring (bicyclic) bond motifs is 2. The number of rotatable bonds is 3. The van der Waals surface area contributed by atoms with Crippen molar-refractivity contribution in [3.05, 3.63) is 59.4 Å². The molecular formula is C24H25F3N2O3. The summed E-state index contributed by atoms with van der Waals surface area (Å²) in [5.74, 6) is -2.22. The Hall–Kier alpha value is -3.03. The average Bonchev–Trinajstić information content (AvgIpc) is 2.66. The van der Waals surface area contributed by atoms with Gasteiger partial charge in [-0.1, -0.05) is 23.4 Å². The molecule has 1 unspecified atom stereocenters. The Kier molecular flexibility index (Phi) is 5.65. The summed E-state index contributed by atoms with van der Waals surface area (Å²) < 4.78 is 48.3. The molecule has 2 bridgehead atoms. The molecule has 2 aromatic rings. The Morgan fingerprint density at radius 1 is 1.16 bits per heavy atom. The lowest BCUT2D eigenvalue weighted by molar-refractivity contribution is -0.0143. The van der Waals surface area contributed by atoms with Crippen LogP contribution in [0.25, 0.3) is 11.1 Å². The molecular weight excluding hydrogens is 421 g/mol. The maximum absolute atomic E-state index is 15.4. The largest absolute Gasteiger partial charge is 0.444 e. The molecule has 2 aromatic carbocycles. The molecule has 1 saturated carbocycles. The third-order valence-electron chi connectivity index (χ3n) is 5.99. The minimum Gasteiger partial charge on any atom is -0.444 e. The Morgan fingerprint density at radius 3 is 2.41 bits per heavy atom. The minimum atomic E-state index is -0.803. The van der Waals surface area contributed by atoms with E-state index < -0.39 is 35.2 Å². The monoisotopic (exact) mass is 446 g/mol. The number of benzene rings is 2. The van der Waals surface area contributed by atoms with E-state index >= 15 is 4.39 Å². The third kappa shape index (κ3) is 4.18. The SMILES string of the molecule is CC(C)(C)OC(=O)N1C2CC(C2)C(=NO)C1Cc1cccc(-c2cc(F)cc(F)c2)c1F. The highest BCUT2D eigenvalue weighted by molar-refractivity contribution is 5.96. The van der Waals surface area contributed by atoms with E-state index in [1.165, 1.54) is 11.0 Å². The lowest BCUT2D eigenvalue weighted by Crippen LogP contribution is -2.65. The molecule has 0 spiro atoms. The molecule has 8 heteroatoms. The van der Waals surface area contributed by atoms with Crippen molar-refractivity contribution in [3.8, 4) is 11.1 Å². The molecule has 32 heavy (non-hydrogen) atoms. The molecule has 170 valence electrons. The van der Waals surface area contributed by atoms with Gasteiger partial charge in [-0.3, -0.25) is 4.90 Å². The summed E-state index contributed by atoms with van der Waals surface area (Å²) in [6.07, 6.45) is 0.833. The first kappa shape index (κ1) is 22.2. The molecule has 0 radical (unpaired) electrons. The molecule has 3 fully saturated rings. The molecule has 5 nitrogen and oxygen atoms in total. The van der Waals surface area contributed by atoms with Crippen LogP contribution >= 0.6 is 0 Å². The Balaban J connectivity index is 1.69. The van der Waals surface area contributed by atoms with Crippen LogP contribution in [0.3, 0.4) is 0 Å². The number of hydrogen-bond acceptors (Lipinski definition) is 4. The maximum Gasteiger partial charge on any atom is 0.411 e. The van der Waals surface area contributed by atoms with Crippen LogP contribution in [-0.2, 0) is 11.2 Å². The van der Waals surface area contributed by atoms with Crippen molar-refractivity contribution in [1.29, 1.82) is 0 Å². The number of amides is 1. The van der Waals surface area contributed by atoms with Crippen molar-refractivity contribution in [1.82, 2.24) is 4.90 Å². The number of carbonyl (C=O) groups excluding carboxylic acids is 1. The predicted octanol–water partition coefficient (Wildman–Crippen LogP) is 5.54. The number of oxime groups is 1. The van der Waals surface area contributed by atoms with Crippen LogP contribution in [0.2, 0.25) is 0 Å². The first-order chi connectivity index (χ1) is 15.1. The Bertz CT molecular complexity index is 1050. The molecule has 5 rings (SSSR count). The van der Waals surface area contributed by atoms with Gasteiger partial charge >= 0.3 is 6.09 Å². The summed E-state index contributed by atoms with van der Waals surface area (Å²) in [7, 11) is 0. The van der Waals surface area contributed by atoms with Crippen LogP contribution in [0.15, 0.2) is 41.6 Å². The first-order valence-electron chi connectivity index (χ1n) is 10.5. The summed E-state index contributed by atoms with van der Waals surface area (Å²) in [6.45, 7) is 5.28. The van der Waals surface area contributed by atoms with Gasteiger partial charge in [0.15, 0.2) is 0 Å². The Labute approximate surface area is 184 Å². The van der Waals surface area contributed by atoms with E-state index in [2.05, 4.69) is 5.16 Å². The van der Waals surface area contributed by atoms with Crippen molar-refractivity contribution in [2.45, 2.75) is 57.7 Å². The number of halogens is 3.